The lowest BCUT2D eigenvalue weighted by molar-refractivity contribution is 0.0731. The molecule has 2 aliphatic heterocycles. The summed E-state index contributed by atoms with van der Waals surface area (Å²) in [6, 6.07) is 4.66. The van der Waals surface area contributed by atoms with Crippen LogP contribution in [0.4, 0.5) is 16.8 Å². The summed E-state index contributed by atoms with van der Waals surface area (Å²) in [4.78, 5) is 31.5. The van der Waals surface area contributed by atoms with Gasteiger partial charge in [-0.15, -0.1) is 11.3 Å². The van der Waals surface area contributed by atoms with Gasteiger partial charge in [-0.1, -0.05) is 12.1 Å². The Kier molecular flexibility index (Phi) is 5.42. The number of aryl methyl sites for hydroxylation is 2. The Morgan fingerprint density at radius 1 is 1.11 bits per heavy atom. The number of carbonyl (C=O) groups is 1. The van der Waals surface area contributed by atoms with Crippen molar-refractivity contribution < 1.29 is 4.79 Å². The number of anilines is 3. The van der Waals surface area contributed by atoms with E-state index < -0.39 is 0 Å². The number of thiazole rings is 1. The molecule has 1 saturated heterocycles. The van der Waals surface area contributed by atoms with Crippen LogP contribution in [-0.4, -0.2) is 45.4 Å². The largest absolute Gasteiger partial charge is 0.382 e. The number of nitrogen functional groups attached to an aromatic ring is 2. The zero-order chi connectivity index (χ0) is 25.2. The van der Waals surface area contributed by atoms with E-state index in [1.54, 1.807) is 11.1 Å². The van der Waals surface area contributed by atoms with Gasteiger partial charge < -0.3 is 27.0 Å². The van der Waals surface area contributed by atoms with E-state index in [4.69, 9.17) is 17.2 Å². The SMILES string of the molecule is Cc1cc2c(cc1C)C(N)C1(CCN(c3cnc(C(=O)N4CCc5nc(N)sc5C4)c(N)n3)CC1)C2. The number of nitrogens with two attached hydrogens (primary N) is 3. The fourth-order valence-electron chi connectivity index (χ4n) is 6.08. The molecule has 9 nitrogen and oxygen atoms in total. The molecule has 188 valence electrons. The second-order valence-electron chi connectivity index (χ2n) is 10.5. The van der Waals surface area contributed by atoms with Crippen LogP contribution in [0.1, 0.15) is 62.2 Å². The summed E-state index contributed by atoms with van der Waals surface area (Å²) in [5.41, 5.74) is 25.5. The average molecular weight is 505 g/mol. The van der Waals surface area contributed by atoms with Crippen LogP contribution >= 0.6 is 11.3 Å². The second kappa shape index (κ2) is 8.41. The number of fused-ring (bicyclic) bond motifs is 2. The number of hydrogen-bond donors (Lipinski definition) is 3. The van der Waals surface area contributed by atoms with Crippen molar-refractivity contribution in [2.45, 2.75) is 52.1 Å². The average Bonchev–Trinajstić information content (AvgIpc) is 3.35. The summed E-state index contributed by atoms with van der Waals surface area (Å²) < 4.78 is 0. The maximum atomic E-state index is 13.2. The van der Waals surface area contributed by atoms with Crippen molar-refractivity contribution in [3.8, 4) is 0 Å². The Bertz CT molecular complexity index is 1360. The molecule has 1 spiro atoms. The zero-order valence-electron chi connectivity index (χ0n) is 20.8. The van der Waals surface area contributed by atoms with Gasteiger partial charge in [0.2, 0.25) is 0 Å². The van der Waals surface area contributed by atoms with E-state index in [1.165, 1.54) is 33.6 Å². The van der Waals surface area contributed by atoms with Gasteiger partial charge in [0.05, 0.1) is 18.4 Å². The van der Waals surface area contributed by atoms with Gasteiger partial charge in [-0.3, -0.25) is 4.79 Å². The first-order valence-electron chi connectivity index (χ1n) is 12.5. The van der Waals surface area contributed by atoms with E-state index in [1.807, 2.05) is 0 Å². The molecule has 10 heteroatoms. The van der Waals surface area contributed by atoms with Gasteiger partial charge in [0.15, 0.2) is 16.6 Å². The van der Waals surface area contributed by atoms with Crippen molar-refractivity contribution in [2.75, 3.05) is 36.0 Å². The first-order chi connectivity index (χ1) is 17.2. The highest BCUT2D eigenvalue weighted by atomic mass is 32.1. The van der Waals surface area contributed by atoms with Crippen molar-refractivity contribution in [3.63, 3.8) is 0 Å². The zero-order valence-corrected chi connectivity index (χ0v) is 21.6. The summed E-state index contributed by atoms with van der Waals surface area (Å²) in [7, 11) is 0. The molecular formula is C26H32N8OS. The van der Waals surface area contributed by atoms with Gasteiger partial charge in [-0.2, -0.15) is 0 Å². The molecule has 6 rings (SSSR count). The van der Waals surface area contributed by atoms with Crippen LogP contribution in [0.3, 0.4) is 0 Å². The van der Waals surface area contributed by atoms with E-state index >= 15 is 0 Å². The van der Waals surface area contributed by atoms with Crippen molar-refractivity contribution in [1.82, 2.24) is 19.9 Å². The van der Waals surface area contributed by atoms with Crippen LogP contribution < -0.4 is 22.1 Å². The molecule has 4 heterocycles. The molecule has 6 N–H and O–H groups in total. The van der Waals surface area contributed by atoms with Crippen molar-refractivity contribution >= 4 is 34.0 Å². The molecule has 3 aliphatic rings. The number of benzene rings is 1. The summed E-state index contributed by atoms with van der Waals surface area (Å²) in [5, 5.41) is 0.536. The fraction of sp³-hybridized carbons (Fsp3) is 0.462. The standard InChI is InChI=1S/C26H32N8OS/c1-14-9-16-11-26(22(27)17(16)10-15(14)2)4-7-33(8-5-26)20-12-30-21(23(28)32-20)24(35)34-6-3-18-19(13-34)36-25(29)31-18/h9-10,12,22H,3-8,11,13,27H2,1-2H3,(H2,28,32)(H2,29,31). The fourth-order valence-corrected chi connectivity index (χ4v) is 6.97. The predicted octanol–water partition coefficient (Wildman–Crippen LogP) is 2.76. The highest BCUT2D eigenvalue weighted by molar-refractivity contribution is 7.15. The van der Waals surface area contributed by atoms with E-state index in [9.17, 15) is 4.79 Å². The van der Waals surface area contributed by atoms with E-state index in [2.05, 4.69) is 45.8 Å². The normalized spacial score (nSPS) is 20.5. The maximum absolute atomic E-state index is 13.2. The lowest BCUT2D eigenvalue weighted by Gasteiger charge is -2.42. The predicted molar refractivity (Wildman–Crippen MR) is 142 cm³/mol. The molecule has 0 radical (unpaired) electrons. The monoisotopic (exact) mass is 504 g/mol. The third-order valence-corrected chi connectivity index (χ3v) is 9.31. The van der Waals surface area contributed by atoms with Gasteiger partial charge >= 0.3 is 0 Å². The molecule has 0 bridgehead atoms. The minimum atomic E-state index is -0.206. The van der Waals surface area contributed by atoms with Gasteiger partial charge in [0.1, 0.15) is 5.82 Å². The molecule has 1 aliphatic carbocycles. The number of hydrogen-bond acceptors (Lipinski definition) is 9. The molecule has 1 fully saturated rings. The summed E-state index contributed by atoms with van der Waals surface area (Å²) >= 11 is 1.43. The van der Waals surface area contributed by atoms with Gasteiger partial charge in [0.25, 0.3) is 5.91 Å². The quantitative estimate of drug-likeness (QED) is 0.484. The lowest BCUT2D eigenvalue weighted by atomic mass is 9.73. The Hall–Kier alpha value is -3.24. The van der Waals surface area contributed by atoms with Crippen LogP contribution in [0, 0.1) is 19.3 Å². The van der Waals surface area contributed by atoms with Crippen LogP contribution in [0.2, 0.25) is 0 Å². The number of piperidine rings is 1. The number of nitrogens with zero attached hydrogens (tertiary/aromatic N) is 5. The van der Waals surface area contributed by atoms with E-state index in [-0.39, 0.29) is 28.9 Å². The summed E-state index contributed by atoms with van der Waals surface area (Å²) in [6.07, 6.45) is 5.36. The van der Waals surface area contributed by atoms with Gasteiger partial charge in [-0.05, 0) is 60.8 Å². The van der Waals surface area contributed by atoms with Crippen molar-refractivity contribution in [1.29, 1.82) is 0 Å². The lowest BCUT2D eigenvalue weighted by Crippen LogP contribution is -2.44. The number of rotatable bonds is 2. The molecule has 36 heavy (non-hydrogen) atoms. The summed E-state index contributed by atoms with van der Waals surface area (Å²) in [6.45, 7) is 7.04. The van der Waals surface area contributed by atoms with Gasteiger partial charge in [-0.25, -0.2) is 15.0 Å². The smallest absolute Gasteiger partial charge is 0.276 e. The van der Waals surface area contributed by atoms with Crippen LogP contribution in [0.15, 0.2) is 18.3 Å². The van der Waals surface area contributed by atoms with Gasteiger partial charge in [0, 0.05) is 37.0 Å². The Morgan fingerprint density at radius 2 is 1.86 bits per heavy atom. The first kappa shape index (κ1) is 23.2. The molecule has 1 amide bonds. The molecule has 0 saturated carbocycles. The highest BCUT2D eigenvalue weighted by Gasteiger charge is 2.46. The minimum absolute atomic E-state index is 0.0593. The Morgan fingerprint density at radius 3 is 2.61 bits per heavy atom. The third kappa shape index (κ3) is 3.70. The molecule has 1 aromatic carbocycles. The first-order valence-corrected chi connectivity index (χ1v) is 13.3. The van der Waals surface area contributed by atoms with Crippen LogP contribution in [0.25, 0.3) is 0 Å². The third-order valence-electron chi connectivity index (χ3n) is 8.40. The van der Waals surface area contributed by atoms with Crippen molar-refractivity contribution in [3.05, 3.63) is 56.8 Å². The number of carbonyl (C=O) groups excluding carboxylic acids is 1. The van der Waals surface area contributed by atoms with Crippen LogP contribution in [0.5, 0.6) is 0 Å². The van der Waals surface area contributed by atoms with E-state index in [0.717, 1.165) is 42.9 Å². The molecule has 1 unspecified atom stereocenters. The molecule has 3 aromatic rings. The Balaban J connectivity index is 1.14. The van der Waals surface area contributed by atoms with Crippen molar-refractivity contribution in [2.24, 2.45) is 11.1 Å². The molecule has 2 aromatic heterocycles. The summed E-state index contributed by atoms with van der Waals surface area (Å²) in [5.74, 6) is 0.677. The topological polar surface area (TPSA) is 140 Å². The maximum Gasteiger partial charge on any atom is 0.276 e. The molecular weight excluding hydrogens is 472 g/mol. The minimum Gasteiger partial charge on any atom is -0.382 e. The van der Waals surface area contributed by atoms with Crippen LogP contribution in [-0.2, 0) is 19.4 Å². The Labute approximate surface area is 214 Å². The highest BCUT2D eigenvalue weighted by Crippen LogP contribution is 2.51. The van der Waals surface area contributed by atoms with E-state index in [0.29, 0.717) is 30.5 Å². The number of aromatic nitrogens is 3. The second-order valence-corrected chi connectivity index (χ2v) is 11.6. The molecule has 1 atom stereocenters. The number of amides is 1.